The molecule has 0 fully saturated rings. The Morgan fingerprint density at radius 1 is 1.50 bits per heavy atom. The van der Waals surface area contributed by atoms with E-state index >= 15 is 0 Å². The number of rotatable bonds is 6. The highest BCUT2D eigenvalue weighted by Gasteiger charge is 2.23. The molecule has 0 bridgehead atoms. The molecular formula is C9H15N3O4S2. The van der Waals surface area contributed by atoms with Crippen LogP contribution in [0.5, 0.6) is 0 Å². The Labute approximate surface area is 109 Å². The zero-order chi connectivity index (χ0) is 13.9. The Morgan fingerprint density at radius 2 is 2.11 bits per heavy atom. The van der Waals surface area contributed by atoms with Crippen LogP contribution in [0.3, 0.4) is 0 Å². The first-order valence-corrected chi connectivity index (χ1v) is 7.79. The van der Waals surface area contributed by atoms with Crippen molar-refractivity contribution in [1.82, 2.24) is 4.90 Å². The SMILES string of the molecule is CN(C)CCNc1sc(S(C)(=O)=O)cc1[N+](=O)[O-]. The van der Waals surface area contributed by atoms with E-state index in [1.54, 1.807) is 0 Å². The van der Waals surface area contributed by atoms with Gasteiger partial charge in [0.15, 0.2) is 14.8 Å². The van der Waals surface area contributed by atoms with Gasteiger partial charge in [-0.25, -0.2) is 8.42 Å². The highest BCUT2D eigenvalue weighted by molar-refractivity contribution is 7.92. The van der Waals surface area contributed by atoms with Crippen LogP contribution in [0.2, 0.25) is 0 Å². The van der Waals surface area contributed by atoms with Gasteiger partial charge in [0.05, 0.1) is 4.92 Å². The first kappa shape index (κ1) is 14.9. The maximum atomic E-state index is 11.4. The summed E-state index contributed by atoms with van der Waals surface area (Å²) in [5, 5.41) is 14.0. The molecule has 9 heteroatoms. The molecule has 0 unspecified atom stereocenters. The van der Waals surface area contributed by atoms with E-state index in [-0.39, 0.29) is 14.9 Å². The molecule has 0 radical (unpaired) electrons. The van der Waals surface area contributed by atoms with Gasteiger partial charge in [0.25, 0.3) is 0 Å². The molecular weight excluding hydrogens is 278 g/mol. The van der Waals surface area contributed by atoms with Gasteiger partial charge in [0.1, 0.15) is 4.21 Å². The van der Waals surface area contributed by atoms with E-state index < -0.39 is 14.8 Å². The van der Waals surface area contributed by atoms with Crippen molar-refractivity contribution in [3.63, 3.8) is 0 Å². The van der Waals surface area contributed by atoms with Gasteiger partial charge in [0.2, 0.25) is 0 Å². The van der Waals surface area contributed by atoms with Crippen LogP contribution < -0.4 is 5.32 Å². The van der Waals surface area contributed by atoms with Gasteiger partial charge in [-0.3, -0.25) is 10.1 Å². The van der Waals surface area contributed by atoms with Crippen LogP contribution in [-0.2, 0) is 9.84 Å². The molecule has 0 saturated heterocycles. The summed E-state index contributed by atoms with van der Waals surface area (Å²) in [4.78, 5) is 12.2. The average molecular weight is 293 g/mol. The summed E-state index contributed by atoms with van der Waals surface area (Å²) in [7, 11) is 0.347. The van der Waals surface area contributed by atoms with E-state index in [1.165, 1.54) is 0 Å². The number of nitrogens with zero attached hydrogens (tertiary/aromatic N) is 2. The highest BCUT2D eigenvalue weighted by Crippen LogP contribution is 2.36. The summed E-state index contributed by atoms with van der Waals surface area (Å²) in [6, 6.07) is 1.10. The molecule has 7 nitrogen and oxygen atoms in total. The smallest absolute Gasteiger partial charge is 0.304 e. The Morgan fingerprint density at radius 3 is 2.56 bits per heavy atom. The first-order chi connectivity index (χ1) is 8.21. The Bertz CT molecular complexity index is 536. The lowest BCUT2D eigenvalue weighted by molar-refractivity contribution is -0.383. The van der Waals surface area contributed by atoms with Gasteiger partial charge < -0.3 is 10.2 Å². The third-order valence-electron chi connectivity index (χ3n) is 2.10. The predicted molar refractivity (Wildman–Crippen MR) is 71.1 cm³/mol. The third-order valence-corrected chi connectivity index (χ3v) is 4.98. The monoisotopic (exact) mass is 293 g/mol. The molecule has 0 amide bonds. The van der Waals surface area contributed by atoms with Crippen LogP contribution in [0.1, 0.15) is 0 Å². The van der Waals surface area contributed by atoms with E-state index in [1.807, 2.05) is 19.0 Å². The number of hydrogen-bond donors (Lipinski definition) is 1. The second-order valence-corrected chi connectivity index (χ2v) is 7.33. The number of anilines is 1. The van der Waals surface area contributed by atoms with Crippen molar-refractivity contribution in [3.05, 3.63) is 16.2 Å². The minimum atomic E-state index is -3.42. The number of nitrogens with one attached hydrogen (secondary N) is 1. The highest BCUT2D eigenvalue weighted by atomic mass is 32.2. The zero-order valence-corrected chi connectivity index (χ0v) is 12.0. The molecule has 1 N–H and O–H groups in total. The maximum Gasteiger partial charge on any atom is 0.304 e. The minimum Gasteiger partial charge on any atom is -0.370 e. The summed E-state index contributed by atoms with van der Waals surface area (Å²) in [5.41, 5.74) is -0.195. The Kier molecular flexibility index (Phi) is 4.65. The number of hydrogen-bond acceptors (Lipinski definition) is 7. The van der Waals surface area contributed by atoms with Gasteiger partial charge >= 0.3 is 5.69 Å². The number of sulfone groups is 1. The topological polar surface area (TPSA) is 92.6 Å². The summed E-state index contributed by atoms with van der Waals surface area (Å²) >= 11 is 0.887. The molecule has 18 heavy (non-hydrogen) atoms. The van der Waals surface area contributed by atoms with Crippen molar-refractivity contribution >= 4 is 31.9 Å². The normalized spacial score (nSPS) is 11.8. The summed E-state index contributed by atoms with van der Waals surface area (Å²) in [5.74, 6) is 0. The lowest BCUT2D eigenvalue weighted by Crippen LogP contribution is -2.20. The van der Waals surface area contributed by atoms with Gasteiger partial charge in [-0.15, -0.1) is 0 Å². The predicted octanol–water partition coefficient (Wildman–Crippen LogP) is 1.03. The van der Waals surface area contributed by atoms with Gasteiger partial charge in [-0.05, 0) is 14.1 Å². The summed E-state index contributed by atoms with van der Waals surface area (Å²) < 4.78 is 22.7. The molecule has 102 valence electrons. The maximum absolute atomic E-state index is 11.4. The first-order valence-electron chi connectivity index (χ1n) is 5.08. The lowest BCUT2D eigenvalue weighted by atomic mass is 10.5. The van der Waals surface area contributed by atoms with E-state index in [4.69, 9.17) is 0 Å². The lowest BCUT2D eigenvalue weighted by Gasteiger charge is -2.09. The quantitative estimate of drug-likeness (QED) is 0.622. The molecule has 1 aromatic rings. The van der Waals surface area contributed by atoms with Crippen LogP contribution in [0, 0.1) is 10.1 Å². The van der Waals surface area contributed by atoms with Gasteiger partial charge in [0, 0.05) is 25.4 Å². The summed E-state index contributed by atoms with van der Waals surface area (Å²) in [6.07, 6.45) is 1.03. The van der Waals surface area contributed by atoms with E-state index in [0.717, 1.165) is 23.7 Å². The van der Waals surface area contributed by atoms with E-state index in [9.17, 15) is 18.5 Å². The molecule has 0 aliphatic heterocycles. The Balaban J connectivity index is 2.95. The van der Waals surface area contributed by atoms with Crippen molar-refractivity contribution < 1.29 is 13.3 Å². The third kappa shape index (κ3) is 3.93. The van der Waals surface area contributed by atoms with Gasteiger partial charge in [-0.2, -0.15) is 0 Å². The van der Waals surface area contributed by atoms with Crippen LogP contribution >= 0.6 is 11.3 Å². The fourth-order valence-corrected chi connectivity index (χ4v) is 3.16. The molecule has 0 atom stereocenters. The zero-order valence-electron chi connectivity index (χ0n) is 10.3. The van der Waals surface area contributed by atoms with Crippen molar-refractivity contribution in [3.8, 4) is 0 Å². The largest absolute Gasteiger partial charge is 0.370 e. The molecule has 0 aliphatic carbocycles. The van der Waals surface area contributed by atoms with Crippen LogP contribution in [0.15, 0.2) is 10.3 Å². The van der Waals surface area contributed by atoms with Crippen molar-refractivity contribution in [2.24, 2.45) is 0 Å². The van der Waals surface area contributed by atoms with Crippen LogP contribution in [-0.4, -0.2) is 51.7 Å². The van der Waals surface area contributed by atoms with Crippen LogP contribution in [0.25, 0.3) is 0 Å². The van der Waals surface area contributed by atoms with Crippen LogP contribution in [0.4, 0.5) is 10.7 Å². The molecule has 0 aromatic carbocycles. The Hall–Kier alpha value is -1.19. The fourth-order valence-electron chi connectivity index (χ4n) is 1.20. The number of likely N-dealkylation sites (N-methyl/N-ethyl adjacent to an activating group) is 1. The van der Waals surface area contributed by atoms with Crippen molar-refractivity contribution in [2.45, 2.75) is 4.21 Å². The molecule has 0 saturated carbocycles. The van der Waals surface area contributed by atoms with Gasteiger partial charge in [-0.1, -0.05) is 11.3 Å². The van der Waals surface area contributed by atoms with E-state index in [0.29, 0.717) is 13.1 Å². The fraction of sp³-hybridized carbons (Fsp3) is 0.556. The molecule has 1 aromatic heterocycles. The second-order valence-electron chi connectivity index (χ2n) is 4.04. The molecule has 1 heterocycles. The second kappa shape index (κ2) is 5.63. The average Bonchev–Trinajstić information content (AvgIpc) is 2.60. The number of nitro groups is 1. The molecule has 1 rings (SSSR count). The number of thiophene rings is 1. The summed E-state index contributed by atoms with van der Waals surface area (Å²) in [6.45, 7) is 1.21. The van der Waals surface area contributed by atoms with E-state index in [2.05, 4.69) is 5.32 Å². The van der Waals surface area contributed by atoms with Crippen molar-refractivity contribution in [1.29, 1.82) is 0 Å². The minimum absolute atomic E-state index is 0.00144. The van der Waals surface area contributed by atoms with Crippen molar-refractivity contribution in [2.75, 3.05) is 38.8 Å². The molecule has 0 aliphatic rings. The molecule has 0 spiro atoms. The standard InChI is InChI=1S/C9H15N3O4S2/c1-11(2)5-4-10-9-7(12(13)14)6-8(17-9)18(3,15)16/h6,10H,4-5H2,1-3H3.